The fourth-order valence-electron chi connectivity index (χ4n) is 5.42. The monoisotopic (exact) mass is 437 g/mol. The lowest BCUT2D eigenvalue weighted by Crippen LogP contribution is -2.61. The zero-order valence-corrected chi connectivity index (χ0v) is 19.1. The van der Waals surface area contributed by atoms with Crippen LogP contribution in [-0.4, -0.2) is 67.4 Å². The quantitative estimate of drug-likeness (QED) is 0.353. The van der Waals surface area contributed by atoms with Crippen molar-refractivity contribution in [3.05, 3.63) is 11.8 Å². The largest absolute Gasteiger partial charge is 0.466 e. The molecule has 1 saturated carbocycles. The average molecular weight is 438 g/mol. The molecule has 1 N–H and O–H groups in total. The molecule has 8 nitrogen and oxygen atoms in total. The predicted molar refractivity (Wildman–Crippen MR) is 112 cm³/mol. The molecule has 3 rings (SSSR count). The van der Waals surface area contributed by atoms with Gasteiger partial charge in [0, 0.05) is 24.3 Å². The van der Waals surface area contributed by atoms with Crippen LogP contribution < -0.4 is 0 Å². The van der Waals surface area contributed by atoms with Gasteiger partial charge in [-0.1, -0.05) is 20.8 Å². The Labute approximate surface area is 183 Å². The topological polar surface area (TPSA) is 102 Å². The highest BCUT2D eigenvalue weighted by Crippen LogP contribution is 2.66. The van der Waals surface area contributed by atoms with Crippen molar-refractivity contribution in [3.8, 4) is 0 Å². The lowest BCUT2D eigenvalue weighted by molar-refractivity contribution is -0.193. The predicted octanol–water partition coefficient (Wildman–Crippen LogP) is 2.19. The first-order valence-corrected chi connectivity index (χ1v) is 11.1. The molecule has 1 aliphatic carbocycles. The first-order valence-electron chi connectivity index (χ1n) is 11.1. The van der Waals surface area contributed by atoms with Crippen molar-refractivity contribution < 1.29 is 33.7 Å². The van der Waals surface area contributed by atoms with E-state index in [1.54, 1.807) is 11.1 Å². The number of aliphatic hydroxyl groups excluding tert-OH is 1. The molecular formula is C23H35NO7. The molecule has 8 heteroatoms. The normalized spacial score (nSPS) is 31.8. The Bertz CT molecular complexity index is 761. The van der Waals surface area contributed by atoms with Gasteiger partial charge in [-0.25, -0.2) is 4.79 Å². The van der Waals surface area contributed by atoms with Gasteiger partial charge in [-0.15, -0.1) is 0 Å². The summed E-state index contributed by atoms with van der Waals surface area (Å²) in [5.41, 5.74) is -1.67. The Morgan fingerprint density at radius 3 is 2.68 bits per heavy atom. The van der Waals surface area contributed by atoms with Crippen LogP contribution in [0.5, 0.6) is 0 Å². The van der Waals surface area contributed by atoms with Crippen LogP contribution in [0.15, 0.2) is 11.8 Å². The number of carbonyl (C=O) groups is 3. The summed E-state index contributed by atoms with van der Waals surface area (Å²) < 4.78 is 15.8. The first-order chi connectivity index (χ1) is 14.6. The van der Waals surface area contributed by atoms with E-state index in [0.29, 0.717) is 50.9 Å². The molecule has 2 aliphatic heterocycles. The van der Waals surface area contributed by atoms with Crippen molar-refractivity contribution in [2.45, 2.75) is 65.3 Å². The van der Waals surface area contributed by atoms with E-state index in [2.05, 4.69) is 6.92 Å². The van der Waals surface area contributed by atoms with Crippen molar-refractivity contribution in [1.29, 1.82) is 0 Å². The second-order valence-corrected chi connectivity index (χ2v) is 9.70. The third-order valence-corrected chi connectivity index (χ3v) is 8.04. The van der Waals surface area contributed by atoms with Gasteiger partial charge in [-0.2, -0.15) is 0 Å². The van der Waals surface area contributed by atoms with Crippen LogP contribution in [-0.2, 0) is 28.6 Å². The number of ether oxygens (including phenoxy) is 3. The second-order valence-electron chi connectivity index (χ2n) is 9.70. The lowest BCUT2D eigenvalue weighted by atomic mass is 9.57. The molecule has 0 aromatic heterocycles. The molecule has 2 fully saturated rings. The van der Waals surface area contributed by atoms with Crippen molar-refractivity contribution in [1.82, 2.24) is 4.90 Å². The summed E-state index contributed by atoms with van der Waals surface area (Å²) in [6, 6.07) is -0.148. The zero-order chi connectivity index (χ0) is 22.9. The average Bonchev–Trinajstić information content (AvgIpc) is 2.86. The molecule has 0 unspecified atom stereocenters. The van der Waals surface area contributed by atoms with Crippen LogP contribution in [0.3, 0.4) is 0 Å². The lowest BCUT2D eigenvalue weighted by Gasteiger charge is -2.51. The number of methoxy groups -OCH3 is 1. The Morgan fingerprint density at radius 1 is 1.26 bits per heavy atom. The Balaban J connectivity index is 1.91. The molecule has 2 bridgehead atoms. The van der Waals surface area contributed by atoms with Gasteiger partial charge in [-0.05, 0) is 43.9 Å². The molecule has 0 aromatic rings. The van der Waals surface area contributed by atoms with Crippen molar-refractivity contribution in [2.24, 2.45) is 16.2 Å². The maximum Gasteiger partial charge on any atom is 0.335 e. The summed E-state index contributed by atoms with van der Waals surface area (Å²) in [6.07, 6.45) is 5.25. The van der Waals surface area contributed by atoms with E-state index in [4.69, 9.17) is 19.3 Å². The highest BCUT2D eigenvalue weighted by molar-refractivity contribution is 6.05. The molecule has 3 aliphatic rings. The SMILES string of the molecule is COC(=O)C1=CN(C(=O)[C@@]23CC[C@@](C)(COC2=O)C3(C)C)[C@@H](CCCOCCO)CC1. The van der Waals surface area contributed by atoms with Gasteiger partial charge in [0.2, 0.25) is 5.91 Å². The maximum absolute atomic E-state index is 14.1. The van der Waals surface area contributed by atoms with Gasteiger partial charge >= 0.3 is 11.9 Å². The summed E-state index contributed by atoms with van der Waals surface area (Å²) in [5, 5.41) is 8.86. The highest BCUT2D eigenvalue weighted by atomic mass is 16.5. The van der Waals surface area contributed by atoms with Gasteiger partial charge in [0.15, 0.2) is 5.41 Å². The minimum atomic E-state index is -1.26. The maximum atomic E-state index is 14.1. The smallest absolute Gasteiger partial charge is 0.335 e. The molecule has 1 saturated heterocycles. The van der Waals surface area contributed by atoms with Crippen LogP contribution in [0.4, 0.5) is 0 Å². The number of aliphatic hydroxyl groups is 1. The van der Waals surface area contributed by atoms with E-state index >= 15 is 0 Å². The van der Waals surface area contributed by atoms with Crippen LogP contribution in [0.2, 0.25) is 0 Å². The van der Waals surface area contributed by atoms with E-state index in [1.165, 1.54) is 7.11 Å². The van der Waals surface area contributed by atoms with Gasteiger partial charge in [0.05, 0.1) is 32.5 Å². The van der Waals surface area contributed by atoms with Crippen molar-refractivity contribution in [2.75, 3.05) is 33.5 Å². The van der Waals surface area contributed by atoms with Crippen LogP contribution in [0.1, 0.15) is 59.3 Å². The third-order valence-electron chi connectivity index (χ3n) is 8.04. The Hall–Kier alpha value is -1.93. The number of esters is 2. The van der Waals surface area contributed by atoms with E-state index in [0.717, 1.165) is 6.42 Å². The van der Waals surface area contributed by atoms with Crippen LogP contribution >= 0.6 is 0 Å². The molecule has 174 valence electrons. The van der Waals surface area contributed by atoms with Gasteiger partial charge in [0.25, 0.3) is 0 Å². The molecular weight excluding hydrogens is 402 g/mol. The molecule has 3 atom stereocenters. The van der Waals surface area contributed by atoms with E-state index in [1.807, 2.05) is 13.8 Å². The fraction of sp³-hybridized carbons (Fsp3) is 0.783. The summed E-state index contributed by atoms with van der Waals surface area (Å²) >= 11 is 0. The van der Waals surface area contributed by atoms with Gasteiger partial charge in [0.1, 0.15) is 0 Å². The molecule has 0 spiro atoms. The number of hydrogen-bond donors (Lipinski definition) is 1. The molecule has 0 aromatic carbocycles. The molecule has 1 amide bonds. The molecule has 31 heavy (non-hydrogen) atoms. The number of fused-ring (bicyclic) bond motifs is 2. The fourth-order valence-corrected chi connectivity index (χ4v) is 5.42. The highest BCUT2D eigenvalue weighted by Gasteiger charge is 2.72. The minimum absolute atomic E-state index is 0.0300. The van der Waals surface area contributed by atoms with Crippen molar-refractivity contribution in [3.63, 3.8) is 0 Å². The summed E-state index contributed by atoms with van der Waals surface area (Å²) in [4.78, 5) is 41.0. The number of cyclic esters (lactones) is 1. The number of carbonyl (C=O) groups excluding carboxylic acids is 3. The summed E-state index contributed by atoms with van der Waals surface area (Å²) in [7, 11) is 1.32. The minimum Gasteiger partial charge on any atom is -0.466 e. The Morgan fingerprint density at radius 2 is 2.00 bits per heavy atom. The van der Waals surface area contributed by atoms with Gasteiger partial charge < -0.3 is 24.2 Å². The first kappa shape index (κ1) is 23.7. The van der Waals surface area contributed by atoms with Gasteiger partial charge in [-0.3, -0.25) is 9.59 Å². The number of nitrogens with zero attached hydrogens (tertiary/aromatic N) is 1. The van der Waals surface area contributed by atoms with Crippen molar-refractivity contribution >= 4 is 17.8 Å². The summed E-state index contributed by atoms with van der Waals surface area (Å²) in [5.74, 6) is -1.20. The number of hydrogen-bond acceptors (Lipinski definition) is 7. The van der Waals surface area contributed by atoms with E-state index in [-0.39, 0.29) is 30.6 Å². The third kappa shape index (κ3) is 3.78. The Kier molecular flexibility index (Phi) is 6.81. The second kappa shape index (κ2) is 8.90. The molecule has 0 radical (unpaired) electrons. The number of rotatable bonds is 8. The van der Waals surface area contributed by atoms with E-state index < -0.39 is 22.8 Å². The zero-order valence-electron chi connectivity index (χ0n) is 19.1. The molecule has 2 heterocycles. The van der Waals surface area contributed by atoms with E-state index in [9.17, 15) is 14.4 Å². The van der Waals surface area contributed by atoms with Crippen LogP contribution in [0.25, 0.3) is 0 Å². The number of amides is 1. The standard InChI is InChI=1S/C23H35NO7/c1-21(2)22(3)9-10-23(21,20(28)31-15-22)19(27)24-14-16(18(26)29-4)7-8-17(24)6-5-12-30-13-11-25/h14,17,25H,5-13,15H2,1-4H3/t17-,22-,23-/m0/s1. The van der Waals surface area contributed by atoms with Crippen LogP contribution in [0, 0.1) is 16.2 Å². The summed E-state index contributed by atoms with van der Waals surface area (Å²) in [6.45, 7) is 7.11.